The summed E-state index contributed by atoms with van der Waals surface area (Å²) in [6.07, 6.45) is 1.61. The zero-order valence-corrected chi connectivity index (χ0v) is 13.6. The Labute approximate surface area is 133 Å². The molecule has 114 valence electrons. The van der Waals surface area contributed by atoms with Gasteiger partial charge in [-0.1, -0.05) is 38.1 Å². The predicted molar refractivity (Wildman–Crippen MR) is 88.8 cm³/mol. The standard InChI is InChI=1S/C18H19NO2S/c1-3-13(4-2)18(20)19-14-9-5-7-11-16(14)22(21)17-12-8-6-10-15(17)19/h5-13H,3-4H2,1-2H3. The third kappa shape index (κ3) is 2.28. The highest BCUT2D eigenvalue weighted by Gasteiger charge is 2.33. The fourth-order valence-electron chi connectivity index (χ4n) is 2.90. The van der Waals surface area contributed by atoms with Crippen molar-refractivity contribution in [3.05, 3.63) is 48.5 Å². The minimum atomic E-state index is -1.24. The maximum atomic E-state index is 13.0. The summed E-state index contributed by atoms with van der Waals surface area (Å²) in [5.41, 5.74) is 1.49. The van der Waals surface area contributed by atoms with Gasteiger partial charge in [0.1, 0.15) is 0 Å². The van der Waals surface area contributed by atoms with Crippen LogP contribution in [0.25, 0.3) is 0 Å². The van der Waals surface area contributed by atoms with E-state index in [0.717, 1.165) is 24.2 Å². The molecule has 0 spiro atoms. The van der Waals surface area contributed by atoms with E-state index < -0.39 is 10.8 Å². The Hall–Kier alpha value is -1.94. The molecule has 0 fully saturated rings. The molecule has 3 nitrogen and oxygen atoms in total. The van der Waals surface area contributed by atoms with E-state index >= 15 is 0 Å². The number of para-hydroxylation sites is 2. The molecule has 0 aliphatic carbocycles. The molecule has 1 aliphatic rings. The van der Waals surface area contributed by atoms with Gasteiger partial charge in [0.2, 0.25) is 5.91 Å². The van der Waals surface area contributed by atoms with Gasteiger partial charge < -0.3 is 0 Å². The van der Waals surface area contributed by atoms with Gasteiger partial charge >= 0.3 is 0 Å². The molecular weight excluding hydrogens is 294 g/mol. The molecular formula is C18H19NO2S. The third-order valence-corrected chi connectivity index (χ3v) is 5.66. The van der Waals surface area contributed by atoms with Gasteiger partial charge in [0, 0.05) is 5.92 Å². The van der Waals surface area contributed by atoms with Crippen LogP contribution in [0.5, 0.6) is 0 Å². The van der Waals surface area contributed by atoms with Crippen LogP contribution in [-0.2, 0) is 15.6 Å². The van der Waals surface area contributed by atoms with Crippen LogP contribution in [0.4, 0.5) is 11.4 Å². The monoisotopic (exact) mass is 313 g/mol. The Morgan fingerprint density at radius 3 is 1.86 bits per heavy atom. The van der Waals surface area contributed by atoms with Crippen molar-refractivity contribution in [2.45, 2.75) is 36.5 Å². The number of hydrogen-bond acceptors (Lipinski definition) is 2. The first kappa shape index (κ1) is 15.0. The maximum Gasteiger partial charge on any atom is 0.234 e. The van der Waals surface area contributed by atoms with E-state index in [1.54, 1.807) is 4.90 Å². The normalized spacial score (nSPS) is 13.9. The van der Waals surface area contributed by atoms with Gasteiger partial charge in [0.25, 0.3) is 0 Å². The minimum Gasteiger partial charge on any atom is -0.278 e. The average Bonchev–Trinajstić information content (AvgIpc) is 2.56. The van der Waals surface area contributed by atoms with E-state index in [1.165, 1.54) is 0 Å². The number of carbonyl (C=O) groups is 1. The first-order valence-corrected chi connectivity index (χ1v) is 8.77. The molecule has 0 atom stereocenters. The fraction of sp³-hybridized carbons (Fsp3) is 0.278. The first-order valence-electron chi connectivity index (χ1n) is 7.62. The van der Waals surface area contributed by atoms with Crippen molar-refractivity contribution in [3.8, 4) is 0 Å². The summed E-state index contributed by atoms with van der Waals surface area (Å²) in [6, 6.07) is 14.9. The summed E-state index contributed by atoms with van der Waals surface area (Å²) >= 11 is 0. The number of nitrogens with zero attached hydrogens (tertiary/aromatic N) is 1. The van der Waals surface area contributed by atoms with E-state index in [2.05, 4.69) is 0 Å². The van der Waals surface area contributed by atoms with Gasteiger partial charge in [-0.05, 0) is 37.1 Å². The Kier molecular flexibility index (Phi) is 4.12. The Bertz CT molecular complexity index is 688. The lowest BCUT2D eigenvalue weighted by atomic mass is 10.0. The van der Waals surface area contributed by atoms with Crippen LogP contribution in [0, 0.1) is 5.92 Å². The zero-order valence-electron chi connectivity index (χ0n) is 12.8. The highest BCUT2D eigenvalue weighted by molar-refractivity contribution is 7.85. The van der Waals surface area contributed by atoms with Gasteiger partial charge in [-0.3, -0.25) is 9.69 Å². The molecule has 1 amide bonds. The summed E-state index contributed by atoms with van der Waals surface area (Å²) in [6.45, 7) is 4.07. The largest absolute Gasteiger partial charge is 0.278 e. The molecule has 0 bridgehead atoms. The zero-order chi connectivity index (χ0) is 15.7. The molecule has 0 saturated heterocycles. The molecule has 0 unspecified atom stereocenters. The summed E-state index contributed by atoms with van der Waals surface area (Å²) in [4.78, 5) is 16.2. The topological polar surface area (TPSA) is 37.4 Å². The second-order valence-corrected chi connectivity index (χ2v) is 6.81. The number of amides is 1. The lowest BCUT2D eigenvalue weighted by Gasteiger charge is -2.33. The minimum absolute atomic E-state index is 0.0207. The molecule has 3 rings (SSSR count). The lowest BCUT2D eigenvalue weighted by molar-refractivity contribution is -0.121. The van der Waals surface area contributed by atoms with Gasteiger partial charge in [-0.15, -0.1) is 0 Å². The average molecular weight is 313 g/mol. The van der Waals surface area contributed by atoms with Crippen LogP contribution < -0.4 is 4.90 Å². The molecule has 2 aromatic carbocycles. The van der Waals surface area contributed by atoms with Crippen molar-refractivity contribution in [2.75, 3.05) is 4.90 Å². The number of benzene rings is 2. The Morgan fingerprint density at radius 1 is 0.955 bits per heavy atom. The van der Waals surface area contributed by atoms with Crippen molar-refractivity contribution < 1.29 is 9.00 Å². The van der Waals surface area contributed by atoms with E-state index in [-0.39, 0.29) is 11.8 Å². The van der Waals surface area contributed by atoms with Crippen LogP contribution >= 0.6 is 0 Å². The van der Waals surface area contributed by atoms with Crippen molar-refractivity contribution in [3.63, 3.8) is 0 Å². The molecule has 4 heteroatoms. The number of fused-ring (bicyclic) bond motifs is 2. The van der Waals surface area contributed by atoms with Crippen LogP contribution in [-0.4, -0.2) is 10.1 Å². The summed E-state index contributed by atoms with van der Waals surface area (Å²) in [5.74, 6) is 0.0641. The van der Waals surface area contributed by atoms with E-state index in [0.29, 0.717) is 9.79 Å². The van der Waals surface area contributed by atoms with Crippen molar-refractivity contribution in [1.82, 2.24) is 0 Å². The second kappa shape index (κ2) is 6.05. The van der Waals surface area contributed by atoms with Crippen molar-refractivity contribution in [1.29, 1.82) is 0 Å². The number of rotatable bonds is 3. The van der Waals surface area contributed by atoms with Crippen LogP contribution in [0.3, 0.4) is 0 Å². The lowest BCUT2D eigenvalue weighted by Crippen LogP contribution is -2.35. The quantitative estimate of drug-likeness (QED) is 0.848. The van der Waals surface area contributed by atoms with Crippen molar-refractivity contribution >= 4 is 28.1 Å². The number of carbonyl (C=O) groups excluding carboxylic acids is 1. The molecule has 22 heavy (non-hydrogen) atoms. The van der Waals surface area contributed by atoms with Crippen molar-refractivity contribution in [2.24, 2.45) is 5.92 Å². The van der Waals surface area contributed by atoms with E-state index in [9.17, 15) is 9.00 Å². The Balaban J connectivity index is 2.20. The molecule has 0 aromatic heterocycles. The smallest absolute Gasteiger partial charge is 0.234 e. The summed E-state index contributed by atoms with van der Waals surface area (Å²) in [5, 5.41) is 0. The Morgan fingerprint density at radius 2 is 1.41 bits per heavy atom. The van der Waals surface area contributed by atoms with Gasteiger partial charge in [-0.2, -0.15) is 0 Å². The van der Waals surface area contributed by atoms with E-state index in [1.807, 2.05) is 62.4 Å². The first-order chi connectivity index (χ1) is 10.7. The molecule has 0 radical (unpaired) electrons. The molecule has 1 aliphatic heterocycles. The van der Waals surface area contributed by atoms with Gasteiger partial charge in [-0.25, -0.2) is 4.21 Å². The molecule has 1 heterocycles. The van der Waals surface area contributed by atoms with Gasteiger partial charge in [0.15, 0.2) is 0 Å². The summed E-state index contributed by atoms with van der Waals surface area (Å²) < 4.78 is 12.8. The van der Waals surface area contributed by atoms with Crippen LogP contribution in [0.15, 0.2) is 58.3 Å². The highest BCUT2D eigenvalue weighted by Crippen LogP contribution is 2.42. The number of anilines is 2. The predicted octanol–water partition coefficient (Wildman–Crippen LogP) is 4.27. The second-order valence-electron chi connectivity index (χ2n) is 5.39. The van der Waals surface area contributed by atoms with Crippen LogP contribution in [0.1, 0.15) is 26.7 Å². The highest BCUT2D eigenvalue weighted by atomic mass is 32.2. The van der Waals surface area contributed by atoms with E-state index in [4.69, 9.17) is 0 Å². The third-order valence-electron chi connectivity index (χ3n) is 4.17. The SMILES string of the molecule is CCC(CC)C(=O)N1c2ccccc2S(=O)c2ccccc21. The molecule has 0 saturated carbocycles. The molecule has 2 aromatic rings. The number of hydrogen-bond donors (Lipinski definition) is 0. The molecule has 0 N–H and O–H groups in total. The summed E-state index contributed by atoms with van der Waals surface area (Å²) in [7, 11) is -1.24. The van der Waals surface area contributed by atoms with Crippen LogP contribution in [0.2, 0.25) is 0 Å². The van der Waals surface area contributed by atoms with Gasteiger partial charge in [0.05, 0.1) is 32.0 Å². The fourth-order valence-corrected chi connectivity index (χ4v) is 4.24. The maximum absolute atomic E-state index is 13.0.